The SMILES string of the molecule is COCC(C)NC(=O)c1cc2ccccc2c(N)n1. The van der Waals surface area contributed by atoms with Crippen LogP contribution in [0.2, 0.25) is 0 Å². The number of nitrogens with one attached hydrogen (secondary N) is 1. The van der Waals surface area contributed by atoms with Crippen molar-refractivity contribution in [3.63, 3.8) is 0 Å². The maximum absolute atomic E-state index is 12.0. The summed E-state index contributed by atoms with van der Waals surface area (Å²) in [5, 5.41) is 4.56. The highest BCUT2D eigenvalue weighted by atomic mass is 16.5. The van der Waals surface area contributed by atoms with E-state index in [0.29, 0.717) is 18.1 Å². The number of aromatic nitrogens is 1. The largest absolute Gasteiger partial charge is 0.383 e. The Morgan fingerprint density at radius 3 is 2.95 bits per heavy atom. The van der Waals surface area contributed by atoms with Crippen LogP contribution in [0, 0.1) is 0 Å². The number of rotatable bonds is 4. The molecule has 19 heavy (non-hydrogen) atoms. The molecule has 0 bridgehead atoms. The van der Waals surface area contributed by atoms with Crippen molar-refractivity contribution in [2.24, 2.45) is 0 Å². The van der Waals surface area contributed by atoms with Gasteiger partial charge in [0, 0.05) is 18.5 Å². The van der Waals surface area contributed by atoms with Crippen LogP contribution in [-0.2, 0) is 4.74 Å². The van der Waals surface area contributed by atoms with Crippen molar-refractivity contribution < 1.29 is 9.53 Å². The van der Waals surface area contributed by atoms with Gasteiger partial charge in [0.15, 0.2) is 0 Å². The molecule has 0 fully saturated rings. The molecule has 0 aliphatic carbocycles. The summed E-state index contributed by atoms with van der Waals surface area (Å²) < 4.78 is 4.97. The first-order chi connectivity index (χ1) is 9.11. The number of amides is 1. The van der Waals surface area contributed by atoms with E-state index in [2.05, 4.69) is 10.3 Å². The zero-order valence-corrected chi connectivity index (χ0v) is 11.0. The number of carbonyl (C=O) groups is 1. The highest BCUT2D eigenvalue weighted by molar-refractivity contribution is 5.99. The van der Waals surface area contributed by atoms with Gasteiger partial charge in [-0.05, 0) is 18.4 Å². The summed E-state index contributed by atoms with van der Waals surface area (Å²) in [7, 11) is 1.59. The highest BCUT2D eigenvalue weighted by Gasteiger charge is 2.13. The first kappa shape index (κ1) is 13.3. The van der Waals surface area contributed by atoms with Crippen LogP contribution in [-0.4, -0.2) is 30.6 Å². The predicted octanol–water partition coefficient (Wildman–Crippen LogP) is 1.58. The minimum atomic E-state index is -0.248. The first-order valence-electron chi connectivity index (χ1n) is 6.07. The second-order valence-corrected chi connectivity index (χ2v) is 4.44. The highest BCUT2D eigenvalue weighted by Crippen LogP contribution is 2.19. The van der Waals surface area contributed by atoms with Gasteiger partial charge in [-0.15, -0.1) is 0 Å². The lowest BCUT2D eigenvalue weighted by molar-refractivity contribution is 0.0901. The van der Waals surface area contributed by atoms with Gasteiger partial charge in [-0.3, -0.25) is 4.79 Å². The molecule has 1 unspecified atom stereocenters. The lowest BCUT2D eigenvalue weighted by atomic mass is 10.1. The Morgan fingerprint density at radius 1 is 1.47 bits per heavy atom. The number of ether oxygens (including phenoxy) is 1. The lowest BCUT2D eigenvalue weighted by Gasteiger charge is -2.13. The number of hydrogen-bond acceptors (Lipinski definition) is 4. The molecular weight excluding hydrogens is 242 g/mol. The van der Waals surface area contributed by atoms with Crippen LogP contribution in [0.15, 0.2) is 30.3 Å². The number of nitrogens with zero attached hydrogens (tertiary/aromatic N) is 1. The van der Waals surface area contributed by atoms with E-state index < -0.39 is 0 Å². The van der Waals surface area contributed by atoms with Crippen LogP contribution in [0.1, 0.15) is 17.4 Å². The summed E-state index contributed by atoms with van der Waals surface area (Å²) in [5.41, 5.74) is 6.19. The molecule has 2 aromatic rings. The summed E-state index contributed by atoms with van der Waals surface area (Å²) in [6.45, 7) is 2.32. The summed E-state index contributed by atoms with van der Waals surface area (Å²) in [5.74, 6) is 0.115. The standard InChI is InChI=1S/C14H17N3O2/c1-9(8-19-2)16-14(18)12-7-10-5-3-4-6-11(10)13(15)17-12/h3-7,9H,8H2,1-2H3,(H2,15,17)(H,16,18). The molecule has 0 saturated carbocycles. The van der Waals surface area contributed by atoms with E-state index in [-0.39, 0.29) is 11.9 Å². The maximum atomic E-state index is 12.0. The molecule has 0 spiro atoms. The maximum Gasteiger partial charge on any atom is 0.270 e. The molecule has 100 valence electrons. The van der Waals surface area contributed by atoms with Crippen LogP contribution < -0.4 is 11.1 Å². The number of pyridine rings is 1. The number of hydrogen-bond donors (Lipinski definition) is 2. The Balaban J connectivity index is 2.28. The fourth-order valence-electron chi connectivity index (χ4n) is 1.93. The van der Waals surface area contributed by atoms with Gasteiger partial charge in [-0.1, -0.05) is 24.3 Å². The van der Waals surface area contributed by atoms with E-state index in [0.717, 1.165) is 10.8 Å². The quantitative estimate of drug-likeness (QED) is 0.874. The van der Waals surface area contributed by atoms with E-state index in [1.807, 2.05) is 31.2 Å². The number of nitrogens with two attached hydrogens (primary N) is 1. The second kappa shape index (κ2) is 5.67. The summed E-state index contributed by atoms with van der Waals surface area (Å²) >= 11 is 0. The van der Waals surface area contributed by atoms with Crippen molar-refractivity contribution in [1.29, 1.82) is 0 Å². The van der Waals surface area contributed by atoms with Crippen LogP contribution in [0.3, 0.4) is 0 Å². The topological polar surface area (TPSA) is 77.2 Å². The molecule has 1 atom stereocenters. The molecule has 0 aliphatic heterocycles. The van der Waals surface area contributed by atoms with Gasteiger partial charge in [-0.2, -0.15) is 0 Å². The van der Waals surface area contributed by atoms with Crippen molar-refractivity contribution in [1.82, 2.24) is 10.3 Å². The number of fused-ring (bicyclic) bond motifs is 1. The molecular formula is C14H17N3O2. The van der Waals surface area contributed by atoms with Gasteiger partial charge in [0.25, 0.3) is 5.91 Å². The molecule has 3 N–H and O–H groups in total. The number of nitrogen functional groups attached to an aromatic ring is 1. The van der Waals surface area contributed by atoms with Crippen LogP contribution in [0.25, 0.3) is 10.8 Å². The molecule has 0 radical (unpaired) electrons. The molecule has 0 aliphatic rings. The van der Waals surface area contributed by atoms with E-state index in [9.17, 15) is 4.79 Å². The van der Waals surface area contributed by atoms with Crippen LogP contribution in [0.4, 0.5) is 5.82 Å². The third kappa shape index (κ3) is 3.00. The number of anilines is 1. The minimum absolute atomic E-state index is 0.0769. The fourth-order valence-corrected chi connectivity index (χ4v) is 1.93. The Kier molecular flexibility index (Phi) is 3.97. The third-order valence-corrected chi connectivity index (χ3v) is 2.80. The Bertz CT molecular complexity index is 598. The average Bonchev–Trinajstić information content (AvgIpc) is 2.39. The number of methoxy groups -OCH3 is 1. The lowest BCUT2D eigenvalue weighted by Crippen LogP contribution is -2.36. The van der Waals surface area contributed by atoms with Gasteiger partial charge in [0.2, 0.25) is 0 Å². The molecule has 5 nitrogen and oxygen atoms in total. The van der Waals surface area contributed by atoms with Crippen molar-refractivity contribution in [3.05, 3.63) is 36.0 Å². The zero-order valence-electron chi connectivity index (χ0n) is 11.0. The monoisotopic (exact) mass is 259 g/mol. The number of carbonyl (C=O) groups excluding carboxylic acids is 1. The van der Waals surface area contributed by atoms with Gasteiger partial charge in [-0.25, -0.2) is 4.98 Å². The van der Waals surface area contributed by atoms with E-state index in [4.69, 9.17) is 10.5 Å². The van der Waals surface area contributed by atoms with E-state index in [1.54, 1.807) is 13.2 Å². The second-order valence-electron chi connectivity index (χ2n) is 4.44. The van der Waals surface area contributed by atoms with Crippen molar-refractivity contribution in [2.45, 2.75) is 13.0 Å². The molecule has 2 rings (SSSR count). The van der Waals surface area contributed by atoms with Crippen LogP contribution in [0.5, 0.6) is 0 Å². The van der Waals surface area contributed by atoms with Gasteiger partial charge >= 0.3 is 0 Å². The Hall–Kier alpha value is -2.14. The average molecular weight is 259 g/mol. The molecule has 1 aromatic carbocycles. The van der Waals surface area contributed by atoms with Gasteiger partial charge in [0.05, 0.1) is 6.61 Å². The molecule has 5 heteroatoms. The molecule has 0 saturated heterocycles. The Labute approximate surface area is 111 Å². The normalized spacial score (nSPS) is 12.3. The van der Waals surface area contributed by atoms with E-state index >= 15 is 0 Å². The third-order valence-electron chi connectivity index (χ3n) is 2.80. The zero-order chi connectivity index (χ0) is 13.8. The predicted molar refractivity (Wildman–Crippen MR) is 75.0 cm³/mol. The van der Waals surface area contributed by atoms with Crippen molar-refractivity contribution in [2.75, 3.05) is 19.5 Å². The van der Waals surface area contributed by atoms with Crippen molar-refractivity contribution in [3.8, 4) is 0 Å². The number of benzene rings is 1. The Morgan fingerprint density at radius 2 is 2.21 bits per heavy atom. The minimum Gasteiger partial charge on any atom is -0.383 e. The summed E-state index contributed by atoms with van der Waals surface area (Å²) in [6.07, 6.45) is 0. The fraction of sp³-hybridized carbons (Fsp3) is 0.286. The molecule has 1 aromatic heterocycles. The van der Waals surface area contributed by atoms with Crippen molar-refractivity contribution >= 4 is 22.5 Å². The van der Waals surface area contributed by atoms with Crippen LogP contribution >= 0.6 is 0 Å². The van der Waals surface area contributed by atoms with Gasteiger partial charge < -0.3 is 15.8 Å². The van der Waals surface area contributed by atoms with Gasteiger partial charge in [0.1, 0.15) is 11.5 Å². The van der Waals surface area contributed by atoms with E-state index in [1.165, 1.54) is 0 Å². The first-order valence-corrected chi connectivity index (χ1v) is 6.07. The summed E-state index contributed by atoms with van der Waals surface area (Å²) in [4.78, 5) is 16.2. The molecule has 1 heterocycles. The molecule has 1 amide bonds. The smallest absolute Gasteiger partial charge is 0.270 e. The summed E-state index contributed by atoms with van der Waals surface area (Å²) in [6, 6.07) is 9.24.